The van der Waals surface area contributed by atoms with Crippen LogP contribution in [0.2, 0.25) is 0 Å². The predicted molar refractivity (Wildman–Crippen MR) is 78.4 cm³/mol. The molecule has 2 nitrogen and oxygen atoms in total. The molecule has 1 fully saturated rings. The summed E-state index contributed by atoms with van der Waals surface area (Å²) in [7, 11) is 0. The maximum atomic E-state index is 10.5. The highest BCUT2D eigenvalue weighted by molar-refractivity contribution is 8.01. The van der Waals surface area contributed by atoms with Gasteiger partial charge in [0, 0.05) is 5.75 Å². The minimum atomic E-state index is -0.458. The normalized spacial score (nSPS) is 19.2. The average Bonchev–Trinajstić information content (AvgIpc) is 2.80. The Labute approximate surface area is 115 Å². The smallest absolute Gasteiger partial charge is 0.151 e. The van der Waals surface area contributed by atoms with Gasteiger partial charge in [0.2, 0.25) is 0 Å². The van der Waals surface area contributed by atoms with Crippen molar-refractivity contribution < 1.29 is 5.11 Å². The number of fused-ring (bicyclic) bond motifs is 1. The summed E-state index contributed by atoms with van der Waals surface area (Å²) in [5, 5.41) is 10.5. The minimum absolute atomic E-state index is 0.458. The molecule has 2 aromatic rings. The summed E-state index contributed by atoms with van der Waals surface area (Å²) in [4.78, 5) is 4.60. The maximum Gasteiger partial charge on any atom is 0.151 e. The lowest BCUT2D eigenvalue weighted by atomic mass is 9.86. The van der Waals surface area contributed by atoms with E-state index in [9.17, 15) is 5.11 Å². The first-order valence-corrected chi connectivity index (χ1v) is 8.26. The molecule has 1 aromatic heterocycles. The van der Waals surface area contributed by atoms with Gasteiger partial charge in [0.1, 0.15) is 0 Å². The number of hydrogen-bond acceptors (Lipinski definition) is 4. The second-order valence-corrected chi connectivity index (χ2v) is 7.27. The Bertz CT molecular complexity index is 498. The SMILES string of the molecule is OC1(CSc2nc3ccccc3s2)CCCCC1. The molecule has 0 saturated heterocycles. The zero-order valence-corrected chi connectivity index (χ0v) is 11.9. The third-order valence-electron chi connectivity index (χ3n) is 3.52. The standard InChI is InChI=1S/C14H17NOS2/c16-14(8-4-1-5-9-14)10-17-13-15-11-6-2-3-7-12(11)18-13/h2-3,6-7,16H,1,4-5,8-10H2. The molecule has 0 atom stereocenters. The molecule has 0 bridgehead atoms. The fourth-order valence-corrected chi connectivity index (χ4v) is 4.69. The summed E-state index contributed by atoms with van der Waals surface area (Å²) >= 11 is 3.43. The van der Waals surface area contributed by atoms with Crippen LogP contribution in [0.5, 0.6) is 0 Å². The molecule has 4 heteroatoms. The summed E-state index contributed by atoms with van der Waals surface area (Å²) in [6.45, 7) is 0. The summed E-state index contributed by atoms with van der Waals surface area (Å²) in [6.07, 6.45) is 5.50. The molecule has 3 rings (SSSR count). The average molecular weight is 279 g/mol. The first-order valence-electron chi connectivity index (χ1n) is 6.46. The predicted octanol–water partition coefficient (Wildman–Crippen LogP) is 4.08. The zero-order valence-electron chi connectivity index (χ0n) is 10.3. The Morgan fingerprint density at radius 1 is 1.22 bits per heavy atom. The Kier molecular flexibility index (Phi) is 3.59. The highest BCUT2D eigenvalue weighted by Gasteiger charge is 2.29. The number of thiazole rings is 1. The summed E-state index contributed by atoms with van der Waals surface area (Å²) in [5.41, 5.74) is 0.612. The van der Waals surface area contributed by atoms with Crippen molar-refractivity contribution in [2.45, 2.75) is 42.0 Å². The molecule has 18 heavy (non-hydrogen) atoms. The maximum absolute atomic E-state index is 10.5. The monoisotopic (exact) mass is 279 g/mol. The van der Waals surface area contributed by atoms with Crippen molar-refractivity contribution in [2.24, 2.45) is 0 Å². The summed E-state index contributed by atoms with van der Waals surface area (Å²) in [5.74, 6) is 0.785. The summed E-state index contributed by atoms with van der Waals surface area (Å²) in [6, 6.07) is 8.21. The van der Waals surface area contributed by atoms with Crippen molar-refractivity contribution in [2.75, 3.05) is 5.75 Å². The number of benzene rings is 1. The van der Waals surface area contributed by atoms with E-state index in [1.54, 1.807) is 23.1 Å². The lowest BCUT2D eigenvalue weighted by molar-refractivity contribution is 0.0273. The number of rotatable bonds is 3. The van der Waals surface area contributed by atoms with Gasteiger partial charge in [0.25, 0.3) is 0 Å². The lowest BCUT2D eigenvalue weighted by Crippen LogP contribution is -2.33. The van der Waals surface area contributed by atoms with E-state index < -0.39 is 5.60 Å². The van der Waals surface area contributed by atoms with Gasteiger partial charge in [-0.15, -0.1) is 11.3 Å². The van der Waals surface area contributed by atoms with Crippen LogP contribution in [0, 0.1) is 0 Å². The number of para-hydroxylation sites is 1. The fraction of sp³-hybridized carbons (Fsp3) is 0.500. The second-order valence-electron chi connectivity index (χ2n) is 5.02. The van der Waals surface area contributed by atoms with Gasteiger partial charge in [0.05, 0.1) is 15.8 Å². The van der Waals surface area contributed by atoms with Crippen molar-refractivity contribution in [1.82, 2.24) is 4.98 Å². The van der Waals surface area contributed by atoms with Crippen LogP contribution in [0.3, 0.4) is 0 Å². The number of thioether (sulfide) groups is 1. The highest BCUT2D eigenvalue weighted by Crippen LogP contribution is 2.36. The van der Waals surface area contributed by atoms with Gasteiger partial charge < -0.3 is 5.11 Å². The third kappa shape index (κ3) is 2.71. The zero-order chi connectivity index (χ0) is 12.4. The van der Waals surface area contributed by atoms with Crippen LogP contribution < -0.4 is 0 Å². The molecular weight excluding hydrogens is 262 g/mol. The summed E-state index contributed by atoms with van der Waals surface area (Å²) < 4.78 is 2.31. The Morgan fingerprint density at radius 2 is 2.00 bits per heavy atom. The molecule has 0 amide bonds. The van der Waals surface area contributed by atoms with Crippen LogP contribution in [-0.2, 0) is 0 Å². The van der Waals surface area contributed by atoms with Gasteiger partial charge in [-0.25, -0.2) is 4.98 Å². The van der Waals surface area contributed by atoms with Gasteiger partial charge in [0.15, 0.2) is 4.34 Å². The molecule has 0 spiro atoms. The number of hydrogen-bond donors (Lipinski definition) is 1. The van der Waals surface area contributed by atoms with E-state index in [1.807, 2.05) is 18.2 Å². The quantitative estimate of drug-likeness (QED) is 0.859. The Morgan fingerprint density at radius 3 is 2.78 bits per heavy atom. The van der Waals surface area contributed by atoms with Crippen LogP contribution in [-0.4, -0.2) is 21.4 Å². The topological polar surface area (TPSA) is 33.1 Å². The van der Waals surface area contributed by atoms with Crippen molar-refractivity contribution >= 4 is 33.3 Å². The van der Waals surface area contributed by atoms with Gasteiger partial charge in [-0.2, -0.15) is 0 Å². The number of nitrogens with zero attached hydrogens (tertiary/aromatic N) is 1. The molecule has 1 aromatic carbocycles. The molecule has 1 aliphatic rings. The highest BCUT2D eigenvalue weighted by atomic mass is 32.2. The van der Waals surface area contributed by atoms with E-state index in [0.717, 1.165) is 41.3 Å². The van der Waals surface area contributed by atoms with Crippen LogP contribution in [0.25, 0.3) is 10.2 Å². The molecule has 0 radical (unpaired) electrons. The molecule has 0 unspecified atom stereocenters. The molecule has 1 saturated carbocycles. The van der Waals surface area contributed by atoms with Crippen LogP contribution in [0.1, 0.15) is 32.1 Å². The molecule has 96 valence electrons. The van der Waals surface area contributed by atoms with E-state index in [2.05, 4.69) is 11.1 Å². The van der Waals surface area contributed by atoms with Crippen LogP contribution >= 0.6 is 23.1 Å². The minimum Gasteiger partial charge on any atom is -0.389 e. The van der Waals surface area contributed by atoms with Crippen molar-refractivity contribution in [3.05, 3.63) is 24.3 Å². The van der Waals surface area contributed by atoms with E-state index in [0.29, 0.717) is 0 Å². The first kappa shape index (κ1) is 12.5. The first-order chi connectivity index (χ1) is 8.75. The Hall–Kier alpha value is -0.580. The lowest BCUT2D eigenvalue weighted by Gasteiger charge is -2.31. The van der Waals surface area contributed by atoms with Crippen molar-refractivity contribution in [3.63, 3.8) is 0 Å². The van der Waals surface area contributed by atoms with E-state index >= 15 is 0 Å². The number of aliphatic hydroxyl groups is 1. The van der Waals surface area contributed by atoms with Gasteiger partial charge >= 0.3 is 0 Å². The van der Waals surface area contributed by atoms with Gasteiger partial charge in [-0.1, -0.05) is 43.2 Å². The van der Waals surface area contributed by atoms with Crippen molar-refractivity contribution in [3.8, 4) is 0 Å². The van der Waals surface area contributed by atoms with Gasteiger partial charge in [-0.05, 0) is 25.0 Å². The fourth-order valence-electron chi connectivity index (χ4n) is 2.46. The number of aromatic nitrogens is 1. The molecular formula is C14H17NOS2. The van der Waals surface area contributed by atoms with Gasteiger partial charge in [-0.3, -0.25) is 0 Å². The van der Waals surface area contributed by atoms with Crippen LogP contribution in [0.4, 0.5) is 0 Å². The van der Waals surface area contributed by atoms with E-state index in [4.69, 9.17) is 0 Å². The molecule has 1 N–H and O–H groups in total. The van der Waals surface area contributed by atoms with E-state index in [-0.39, 0.29) is 0 Å². The molecule has 1 heterocycles. The van der Waals surface area contributed by atoms with Crippen molar-refractivity contribution in [1.29, 1.82) is 0 Å². The van der Waals surface area contributed by atoms with Crippen LogP contribution in [0.15, 0.2) is 28.6 Å². The molecule has 1 aliphatic carbocycles. The largest absolute Gasteiger partial charge is 0.389 e. The van der Waals surface area contributed by atoms with E-state index in [1.165, 1.54) is 11.1 Å². The Balaban J connectivity index is 1.69. The second kappa shape index (κ2) is 5.19. The third-order valence-corrected chi connectivity index (χ3v) is 5.98. The molecule has 0 aliphatic heterocycles.